The van der Waals surface area contributed by atoms with Gasteiger partial charge >= 0.3 is 0 Å². The van der Waals surface area contributed by atoms with Crippen LogP contribution in [0.2, 0.25) is 0 Å². The molecule has 0 saturated carbocycles. The fourth-order valence-corrected chi connectivity index (χ4v) is 1.96. The molecule has 2 rings (SSSR count). The van der Waals surface area contributed by atoms with Crippen LogP contribution in [-0.4, -0.2) is 13.7 Å². The molecule has 1 atom stereocenters. The van der Waals surface area contributed by atoms with Gasteiger partial charge in [0.25, 0.3) is 0 Å². The second kappa shape index (κ2) is 6.69. The molecule has 0 radical (unpaired) electrons. The van der Waals surface area contributed by atoms with Crippen LogP contribution in [0.4, 0.5) is 10.1 Å². The molecule has 4 heteroatoms. The predicted molar refractivity (Wildman–Crippen MR) is 75.8 cm³/mol. The van der Waals surface area contributed by atoms with Crippen LogP contribution in [0.5, 0.6) is 0 Å². The van der Waals surface area contributed by atoms with E-state index in [0.29, 0.717) is 17.9 Å². The maximum Gasteiger partial charge on any atom is 0.147 e. The number of nitriles is 1. The molecule has 0 spiro atoms. The summed E-state index contributed by atoms with van der Waals surface area (Å²) in [6.07, 6.45) is 0. The van der Waals surface area contributed by atoms with E-state index in [0.717, 1.165) is 5.56 Å². The molecule has 0 aliphatic rings. The van der Waals surface area contributed by atoms with E-state index in [-0.39, 0.29) is 6.04 Å². The molecule has 0 aliphatic heterocycles. The molecule has 0 amide bonds. The molecule has 20 heavy (non-hydrogen) atoms. The summed E-state index contributed by atoms with van der Waals surface area (Å²) in [5, 5.41) is 11.8. The van der Waals surface area contributed by atoms with Gasteiger partial charge in [0.2, 0.25) is 0 Å². The second-order valence-electron chi connectivity index (χ2n) is 4.37. The first-order valence-electron chi connectivity index (χ1n) is 6.24. The molecule has 1 N–H and O–H groups in total. The van der Waals surface area contributed by atoms with Crippen molar-refractivity contribution in [3.8, 4) is 6.07 Å². The van der Waals surface area contributed by atoms with Gasteiger partial charge in [-0.3, -0.25) is 0 Å². The van der Waals surface area contributed by atoms with Crippen LogP contribution < -0.4 is 5.32 Å². The third-order valence-electron chi connectivity index (χ3n) is 2.96. The topological polar surface area (TPSA) is 45.0 Å². The zero-order chi connectivity index (χ0) is 14.4. The van der Waals surface area contributed by atoms with Crippen molar-refractivity contribution >= 4 is 5.69 Å². The van der Waals surface area contributed by atoms with E-state index in [4.69, 9.17) is 10.00 Å². The zero-order valence-corrected chi connectivity index (χ0v) is 11.1. The van der Waals surface area contributed by atoms with Gasteiger partial charge in [0, 0.05) is 7.11 Å². The monoisotopic (exact) mass is 270 g/mol. The van der Waals surface area contributed by atoms with Gasteiger partial charge in [-0.05, 0) is 23.8 Å². The Morgan fingerprint density at radius 1 is 1.25 bits per heavy atom. The fraction of sp³-hybridized carbons (Fsp3) is 0.188. The maximum atomic E-state index is 13.9. The van der Waals surface area contributed by atoms with Crippen LogP contribution in [0.1, 0.15) is 17.2 Å². The first-order valence-corrected chi connectivity index (χ1v) is 6.24. The molecular weight excluding hydrogens is 255 g/mol. The molecule has 0 saturated heterocycles. The summed E-state index contributed by atoms with van der Waals surface area (Å²) in [7, 11) is 1.60. The minimum absolute atomic E-state index is 0.149. The molecule has 102 valence electrons. The van der Waals surface area contributed by atoms with Crippen LogP contribution in [0.25, 0.3) is 0 Å². The summed E-state index contributed by atoms with van der Waals surface area (Å²) in [5.41, 5.74) is 1.67. The van der Waals surface area contributed by atoms with Crippen LogP contribution in [-0.2, 0) is 4.74 Å². The lowest BCUT2D eigenvalue weighted by molar-refractivity contribution is 0.186. The number of rotatable bonds is 5. The van der Waals surface area contributed by atoms with Gasteiger partial charge in [-0.2, -0.15) is 5.26 Å². The van der Waals surface area contributed by atoms with Gasteiger partial charge in [0.15, 0.2) is 0 Å². The van der Waals surface area contributed by atoms with Crippen LogP contribution in [0.3, 0.4) is 0 Å². The number of hydrogen-bond acceptors (Lipinski definition) is 3. The summed E-state index contributed by atoms with van der Waals surface area (Å²) in [6, 6.07) is 15.8. The van der Waals surface area contributed by atoms with E-state index in [9.17, 15) is 4.39 Å². The lowest BCUT2D eigenvalue weighted by Gasteiger charge is -2.20. The fourth-order valence-electron chi connectivity index (χ4n) is 1.96. The third-order valence-corrected chi connectivity index (χ3v) is 2.96. The number of benzene rings is 2. The molecule has 0 fully saturated rings. The first-order chi connectivity index (χ1) is 9.74. The standard InChI is InChI=1S/C16H15FN2O/c1-20-11-16(13-5-3-2-4-6-13)19-15-8-7-12(10-18)9-14(15)17/h2-9,16,19H,11H2,1H3. The van der Waals surface area contributed by atoms with E-state index < -0.39 is 5.82 Å². The Bertz CT molecular complexity index is 608. The van der Waals surface area contributed by atoms with Gasteiger partial charge in [-0.1, -0.05) is 30.3 Å². The largest absolute Gasteiger partial charge is 0.382 e. The number of hydrogen-bond donors (Lipinski definition) is 1. The summed E-state index contributed by atoms with van der Waals surface area (Å²) in [4.78, 5) is 0. The molecular formula is C16H15FN2O. The highest BCUT2D eigenvalue weighted by molar-refractivity contribution is 5.50. The highest BCUT2D eigenvalue weighted by atomic mass is 19.1. The Labute approximate surface area is 117 Å². The van der Waals surface area contributed by atoms with Crippen LogP contribution >= 0.6 is 0 Å². The number of methoxy groups -OCH3 is 1. The number of nitrogens with zero attached hydrogens (tertiary/aromatic N) is 1. The molecule has 0 bridgehead atoms. The number of nitrogens with one attached hydrogen (secondary N) is 1. The Morgan fingerprint density at radius 2 is 2.00 bits per heavy atom. The highest BCUT2D eigenvalue weighted by Gasteiger charge is 2.13. The Kier molecular flexibility index (Phi) is 4.70. The van der Waals surface area contributed by atoms with E-state index in [1.807, 2.05) is 36.4 Å². The van der Waals surface area contributed by atoms with E-state index in [1.165, 1.54) is 6.07 Å². The minimum Gasteiger partial charge on any atom is -0.382 e. The van der Waals surface area contributed by atoms with Crippen molar-refractivity contribution in [2.24, 2.45) is 0 Å². The molecule has 1 unspecified atom stereocenters. The smallest absolute Gasteiger partial charge is 0.147 e. The molecule has 0 heterocycles. The van der Waals surface area contributed by atoms with Crippen LogP contribution in [0.15, 0.2) is 48.5 Å². The number of anilines is 1. The summed E-state index contributed by atoms with van der Waals surface area (Å²) in [6.45, 7) is 0.420. The summed E-state index contributed by atoms with van der Waals surface area (Å²) in [5.74, 6) is -0.443. The van der Waals surface area contributed by atoms with Crippen molar-refractivity contribution in [2.45, 2.75) is 6.04 Å². The Morgan fingerprint density at radius 3 is 2.60 bits per heavy atom. The minimum atomic E-state index is -0.443. The summed E-state index contributed by atoms with van der Waals surface area (Å²) < 4.78 is 19.1. The number of ether oxygens (including phenoxy) is 1. The van der Waals surface area contributed by atoms with Crippen molar-refractivity contribution in [1.29, 1.82) is 5.26 Å². The SMILES string of the molecule is COCC(Nc1ccc(C#N)cc1F)c1ccccc1. The van der Waals surface area contributed by atoms with Crippen molar-refractivity contribution < 1.29 is 9.13 Å². The lowest BCUT2D eigenvalue weighted by Crippen LogP contribution is -2.17. The third kappa shape index (κ3) is 3.34. The zero-order valence-electron chi connectivity index (χ0n) is 11.1. The van der Waals surface area contributed by atoms with E-state index in [2.05, 4.69) is 5.32 Å². The van der Waals surface area contributed by atoms with Gasteiger partial charge in [0.1, 0.15) is 5.82 Å². The molecule has 3 nitrogen and oxygen atoms in total. The van der Waals surface area contributed by atoms with E-state index >= 15 is 0 Å². The first kappa shape index (κ1) is 14.0. The second-order valence-corrected chi connectivity index (χ2v) is 4.37. The van der Waals surface area contributed by atoms with E-state index in [1.54, 1.807) is 19.2 Å². The van der Waals surface area contributed by atoms with Crippen LogP contribution in [0, 0.1) is 17.1 Å². The lowest BCUT2D eigenvalue weighted by atomic mass is 10.1. The summed E-state index contributed by atoms with van der Waals surface area (Å²) >= 11 is 0. The predicted octanol–water partition coefficient (Wildman–Crippen LogP) is 3.50. The molecule has 0 aliphatic carbocycles. The van der Waals surface area contributed by atoms with Crippen molar-refractivity contribution in [3.63, 3.8) is 0 Å². The average Bonchev–Trinajstić information content (AvgIpc) is 2.49. The Hall–Kier alpha value is -2.38. The van der Waals surface area contributed by atoms with Gasteiger partial charge < -0.3 is 10.1 Å². The molecule has 0 aromatic heterocycles. The Balaban J connectivity index is 2.23. The molecule has 2 aromatic carbocycles. The highest BCUT2D eigenvalue weighted by Crippen LogP contribution is 2.23. The average molecular weight is 270 g/mol. The number of halogens is 1. The van der Waals surface area contributed by atoms with Crippen molar-refractivity contribution in [3.05, 3.63) is 65.5 Å². The maximum absolute atomic E-state index is 13.9. The van der Waals surface area contributed by atoms with Gasteiger partial charge in [0.05, 0.1) is 30.0 Å². The van der Waals surface area contributed by atoms with Crippen molar-refractivity contribution in [1.82, 2.24) is 0 Å². The van der Waals surface area contributed by atoms with Gasteiger partial charge in [-0.15, -0.1) is 0 Å². The normalized spacial score (nSPS) is 11.7. The molecule has 2 aromatic rings. The van der Waals surface area contributed by atoms with Gasteiger partial charge in [-0.25, -0.2) is 4.39 Å². The van der Waals surface area contributed by atoms with Crippen molar-refractivity contribution in [2.75, 3.05) is 19.0 Å². The quantitative estimate of drug-likeness (QED) is 0.904.